The lowest BCUT2D eigenvalue weighted by molar-refractivity contribution is -0.138. The van der Waals surface area contributed by atoms with Crippen molar-refractivity contribution in [3.63, 3.8) is 0 Å². The van der Waals surface area contributed by atoms with Gasteiger partial charge >= 0.3 is 18.0 Å². The topological polar surface area (TPSA) is 188 Å². The zero-order valence-electron chi connectivity index (χ0n) is 16.3. The van der Waals surface area contributed by atoms with Gasteiger partial charge in [0.15, 0.2) is 5.12 Å². The number of carbonyl (C=O) groups excluding carboxylic acids is 3. The summed E-state index contributed by atoms with van der Waals surface area (Å²) >= 11 is 0.850. The lowest BCUT2D eigenvalue weighted by Crippen LogP contribution is -2.54. The van der Waals surface area contributed by atoms with Crippen LogP contribution in [-0.4, -0.2) is 70.1 Å². The number of nitrogens with two attached hydrogens (primary N) is 1. The van der Waals surface area contributed by atoms with Crippen LogP contribution in [0, 0.1) is 0 Å². The standard InChI is InChI=1S/C14H24N4O7S.C2H6/c1-2-3-4-11(21)26-7-9(12(22)16-6-10(19)20)18-14(25)17-5-8(15)13(23)24;1-2/h8-9H,2-7,15H2,1H3,(H,16,22)(H,19,20)(H,23,24)(H2,17,18,25);1-2H3/t8-,9-;/m0./s1. The van der Waals surface area contributed by atoms with Gasteiger partial charge in [0.25, 0.3) is 0 Å². The normalized spacial score (nSPS) is 11.9. The molecule has 0 fully saturated rings. The van der Waals surface area contributed by atoms with E-state index in [1.54, 1.807) is 0 Å². The zero-order chi connectivity index (χ0) is 22.1. The van der Waals surface area contributed by atoms with E-state index >= 15 is 0 Å². The molecule has 0 unspecified atom stereocenters. The Morgan fingerprint density at radius 2 is 1.68 bits per heavy atom. The van der Waals surface area contributed by atoms with Crippen LogP contribution in [0.2, 0.25) is 0 Å². The molecule has 7 N–H and O–H groups in total. The predicted octanol–water partition coefficient (Wildman–Crippen LogP) is -0.257. The van der Waals surface area contributed by atoms with Gasteiger partial charge in [-0.05, 0) is 6.42 Å². The molecule has 0 aromatic rings. The van der Waals surface area contributed by atoms with Gasteiger partial charge in [0, 0.05) is 18.7 Å². The SMILES string of the molecule is CC.CCCCC(=O)SC[C@H](NC(=O)NC[C@H](N)C(=O)O)C(=O)NCC(=O)O. The average Bonchev–Trinajstić information content (AvgIpc) is 2.66. The molecule has 0 aliphatic heterocycles. The minimum Gasteiger partial charge on any atom is -0.480 e. The molecule has 0 radical (unpaired) electrons. The summed E-state index contributed by atoms with van der Waals surface area (Å²) in [6.07, 6.45) is 1.85. The highest BCUT2D eigenvalue weighted by Gasteiger charge is 2.23. The summed E-state index contributed by atoms with van der Waals surface area (Å²) in [5.41, 5.74) is 5.25. The average molecular weight is 423 g/mol. The van der Waals surface area contributed by atoms with Crippen molar-refractivity contribution in [2.24, 2.45) is 5.73 Å². The van der Waals surface area contributed by atoms with Crippen LogP contribution in [0.1, 0.15) is 40.0 Å². The first-order chi connectivity index (χ1) is 13.2. The molecule has 0 heterocycles. The fourth-order valence-corrected chi connectivity index (χ4v) is 2.41. The lowest BCUT2D eigenvalue weighted by atomic mass is 10.3. The van der Waals surface area contributed by atoms with Gasteiger partial charge in [-0.1, -0.05) is 39.0 Å². The van der Waals surface area contributed by atoms with Crippen LogP contribution in [0.15, 0.2) is 0 Å². The van der Waals surface area contributed by atoms with Crippen molar-refractivity contribution >= 4 is 40.8 Å². The zero-order valence-corrected chi connectivity index (χ0v) is 17.1. The Morgan fingerprint density at radius 3 is 2.18 bits per heavy atom. The Morgan fingerprint density at radius 1 is 1.07 bits per heavy atom. The largest absolute Gasteiger partial charge is 0.480 e. The second-order valence-electron chi connectivity index (χ2n) is 5.25. The number of urea groups is 1. The number of amides is 3. The third-order valence-corrected chi connectivity index (χ3v) is 4.01. The summed E-state index contributed by atoms with van der Waals surface area (Å²) in [5, 5.41) is 23.7. The molecule has 3 amide bonds. The number of carboxylic acids is 2. The van der Waals surface area contributed by atoms with Crippen LogP contribution < -0.4 is 21.7 Å². The first kappa shape index (κ1) is 27.9. The van der Waals surface area contributed by atoms with E-state index in [-0.39, 0.29) is 17.4 Å². The van der Waals surface area contributed by atoms with Gasteiger partial charge in [-0.15, -0.1) is 0 Å². The predicted molar refractivity (Wildman–Crippen MR) is 105 cm³/mol. The molecule has 28 heavy (non-hydrogen) atoms. The number of carboxylic acid groups (broad SMARTS) is 2. The van der Waals surface area contributed by atoms with E-state index in [0.717, 1.165) is 18.2 Å². The molecule has 0 saturated heterocycles. The van der Waals surface area contributed by atoms with Gasteiger partial charge in [0.2, 0.25) is 5.91 Å². The Labute approximate surface area is 168 Å². The quantitative estimate of drug-likeness (QED) is 0.246. The molecule has 2 atom stereocenters. The van der Waals surface area contributed by atoms with Crippen LogP contribution in [0.4, 0.5) is 4.79 Å². The second kappa shape index (κ2) is 16.8. The van der Waals surface area contributed by atoms with Crippen molar-refractivity contribution in [1.82, 2.24) is 16.0 Å². The summed E-state index contributed by atoms with van der Waals surface area (Å²) in [6.45, 7) is 4.91. The van der Waals surface area contributed by atoms with Crippen molar-refractivity contribution in [1.29, 1.82) is 0 Å². The van der Waals surface area contributed by atoms with Gasteiger partial charge in [0.1, 0.15) is 18.6 Å². The number of nitrogens with one attached hydrogen (secondary N) is 3. The van der Waals surface area contributed by atoms with E-state index in [9.17, 15) is 24.0 Å². The Balaban J connectivity index is 0. The molecule has 0 aliphatic carbocycles. The number of rotatable bonds is 12. The molecular weight excluding hydrogens is 392 g/mol. The van der Waals surface area contributed by atoms with Crippen molar-refractivity contribution < 1.29 is 34.2 Å². The van der Waals surface area contributed by atoms with Crippen LogP contribution in [0.5, 0.6) is 0 Å². The summed E-state index contributed by atoms with van der Waals surface area (Å²) in [7, 11) is 0. The second-order valence-corrected chi connectivity index (χ2v) is 6.33. The summed E-state index contributed by atoms with van der Waals surface area (Å²) in [6, 6.07) is -3.35. The molecular formula is C16H30N4O7S. The van der Waals surface area contributed by atoms with E-state index < -0.39 is 42.5 Å². The number of carbonyl (C=O) groups is 5. The molecule has 0 aliphatic rings. The van der Waals surface area contributed by atoms with Crippen molar-refractivity contribution in [2.75, 3.05) is 18.8 Å². The smallest absolute Gasteiger partial charge is 0.322 e. The van der Waals surface area contributed by atoms with Crippen LogP contribution in [-0.2, 0) is 19.2 Å². The van der Waals surface area contributed by atoms with Crippen molar-refractivity contribution in [2.45, 2.75) is 52.1 Å². The number of aliphatic carboxylic acids is 2. The van der Waals surface area contributed by atoms with E-state index in [0.29, 0.717) is 12.8 Å². The highest BCUT2D eigenvalue weighted by molar-refractivity contribution is 8.13. The molecule has 0 aromatic heterocycles. The molecule has 0 spiro atoms. The molecule has 162 valence electrons. The number of thioether (sulfide) groups is 1. The third kappa shape index (κ3) is 14.8. The minimum atomic E-state index is -1.31. The first-order valence-electron chi connectivity index (χ1n) is 8.85. The third-order valence-electron chi connectivity index (χ3n) is 2.98. The summed E-state index contributed by atoms with van der Waals surface area (Å²) < 4.78 is 0. The molecule has 0 saturated carbocycles. The maximum atomic E-state index is 12.0. The Bertz CT molecular complexity index is 531. The fourth-order valence-electron chi connectivity index (χ4n) is 1.54. The maximum Gasteiger partial charge on any atom is 0.322 e. The summed E-state index contributed by atoms with van der Waals surface area (Å²) in [5.74, 6) is -3.44. The number of hydrogen-bond donors (Lipinski definition) is 6. The number of unbranched alkanes of at least 4 members (excludes halogenated alkanes) is 1. The molecule has 11 nitrogen and oxygen atoms in total. The van der Waals surface area contributed by atoms with Gasteiger partial charge in [-0.25, -0.2) is 4.79 Å². The van der Waals surface area contributed by atoms with Crippen molar-refractivity contribution in [3.8, 4) is 0 Å². The van der Waals surface area contributed by atoms with Crippen molar-refractivity contribution in [3.05, 3.63) is 0 Å². The van der Waals surface area contributed by atoms with Gasteiger partial charge in [-0.3, -0.25) is 19.2 Å². The van der Waals surface area contributed by atoms with Gasteiger partial charge in [0.05, 0.1) is 0 Å². The Kier molecular flexibility index (Phi) is 16.7. The molecule has 0 rings (SSSR count). The first-order valence-corrected chi connectivity index (χ1v) is 9.83. The summed E-state index contributed by atoms with van der Waals surface area (Å²) in [4.78, 5) is 56.6. The van der Waals surface area contributed by atoms with E-state index in [4.69, 9.17) is 15.9 Å². The van der Waals surface area contributed by atoms with E-state index in [2.05, 4.69) is 16.0 Å². The van der Waals surface area contributed by atoms with Gasteiger partial charge in [-0.2, -0.15) is 0 Å². The van der Waals surface area contributed by atoms with Gasteiger partial charge < -0.3 is 31.9 Å². The van der Waals surface area contributed by atoms with E-state index in [1.807, 2.05) is 20.8 Å². The molecule has 0 aromatic carbocycles. The van der Waals surface area contributed by atoms with Crippen LogP contribution in [0.25, 0.3) is 0 Å². The monoisotopic (exact) mass is 422 g/mol. The number of hydrogen-bond acceptors (Lipinski definition) is 7. The maximum absolute atomic E-state index is 12.0. The van der Waals surface area contributed by atoms with Crippen LogP contribution in [0.3, 0.4) is 0 Å². The lowest BCUT2D eigenvalue weighted by Gasteiger charge is -2.18. The molecule has 0 bridgehead atoms. The Hall–Kier alpha value is -2.34. The minimum absolute atomic E-state index is 0.0909. The molecule has 12 heteroatoms. The van der Waals surface area contributed by atoms with E-state index in [1.165, 1.54) is 0 Å². The highest BCUT2D eigenvalue weighted by Crippen LogP contribution is 2.10. The van der Waals surface area contributed by atoms with Crippen LogP contribution >= 0.6 is 11.8 Å². The fraction of sp³-hybridized carbons (Fsp3) is 0.688. The highest BCUT2D eigenvalue weighted by atomic mass is 32.2.